The summed E-state index contributed by atoms with van der Waals surface area (Å²) in [6.45, 7) is 3.68. The lowest BCUT2D eigenvalue weighted by Gasteiger charge is -2.08. The van der Waals surface area contributed by atoms with Crippen LogP contribution in [0.15, 0.2) is 30.5 Å². The first-order chi connectivity index (χ1) is 11.6. The molecule has 0 amide bonds. The molecule has 6 heteroatoms. The van der Waals surface area contributed by atoms with E-state index in [4.69, 9.17) is 5.26 Å². The van der Waals surface area contributed by atoms with Crippen molar-refractivity contribution in [1.82, 2.24) is 14.6 Å². The van der Waals surface area contributed by atoms with Crippen molar-refractivity contribution in [2.24, 2.45) is 0 Å². The van der Waals surface area contributed by atoms with Crippen molar-refractivity contribution in [3.63, 3.8) is 0 Å². The lowest BCUT2D eigenvalue weighted by Crippen LogP contribution is -2.04. The molecule has 0 unspecified atom stereocenters. The predicted octanol–water partition coefficient (Wildman–Crippen LogP) is 3.70. The quantitative estimate of drug-likeness (QED) is 0.687. The Bertz CT molecular complexity index is 985. The van der Waals surface area contributed by atoms with Gasteiger partial charge in [0, 0.05) is 18.2 Å². The molecular formula is C18H15FN4O. The molecule has 0 aliphatic carbocycles. The number of carbonyl (C=O) groups excluding carboxylic acids is 1. The van der Waals surface area contributed by atoms with Crippen molar-refractivity contribution < 1.29 is 9.18 Å². The molecule has 0 fully saturated rings. The van der Waals surface area contributed by atoms with Gasteiger partial charge in [-0.1, -0.05) is 6.92 Å². The van der Waals surface area contributed by atoms with Crippen LogP contribution in [0.3, 0.4) is 0 Å². The van der Waals surface area contributed by atoms with Crippen LogP contribution in [0.2, 0.25) is 0 Å². The number of imidazole rings is 1. The molecule has 0 atom stereocenters. The third kappa shape index (κ3) is 2.54. The van der Waals surface area contributed by atoms with Crippen LogP contribution >= 0.6 is 0 Å². The highest BCUT2D eigenvalue weighted by molar-refractivity contribution is 6.01. The zero-order valence-electron chi connectivity index (χ0n) is 13.4. The Morgan fingerprint density at radius 2 is 2.21 bits per heavy atom. The molecule has 0 aliphatic rings. The monoisotopic (exact) mass is 322 g/mol. The van der Waals surface area contributed by atoms with E-state index < -0.39 is 5.82 Å². The number of Topliss-reactive ketones (excluding diaryl/α,β-unsaturated/α-hetero) is 1. The molecule has 0 aliphatic heterocycles. The van der Waals surface area contributed by atoms with Gasteiger partial charge in [0.05, 0.1) is 5.56 Å². The first-order valence-electron chi connectivity index (χ1n) is 7.64. The van der Waals surface area contributed by atoms with Gasteiger partial charge in [-0.2, -0.15) is 10.4 Å². The molecule has 5 nitrogen and oxygen atoms in total. The van der Waals surface area contributed by atoms with Crippen molar-refractivity contribution >= 4 is 11.4 Å². The Kier molecular flexibility index (Phi) is 4.09. The Morgan fingerprint density at radius 1 is 1.42 bits per heavy atom. The fourth-order valence-electron chi connectivity index (χ4n) is 2.69. The minimum absolute atomic E-state index is 0.0283. The number of hydrogen-bond acceptors (Lipinski definition) is 4. The van der Waals surface area contributed by atoms with E-state index in [1.807, 2.05) is 13.0 Å². The minimum Gasteiger partial charge on any atom is -0.292 e. The zero-order valence-corrected chi connectivity index (χ0v) is 13.4. The number of hydrogen-bond donors (Lipinski definition) is 0. The van der Waals surface area contributed by atoms with Crippen LogP contribution in [0.1, 0.15) is 41.4 Å². The molecular weight excluding hydrogens is 307 g/mol. The smallest absolute Gasteiger partial charge is 0.183 e. The first kappa shape index (κ1) is 15.8. The number of aryl methyl sites for hydroxylation is 1. The van der Waals surface area contributed by atoms with Crippen LogP contribution in [-0.4, -0.2) is 20.4 Å². The second-order valence-corrected chi connectivity index (χ2v) is 5.53. The average Bonchev–Trinajstić information content (AvgIpc) is 2.96. The fraction of sp³-hybridized carbons (Fsp3) is 0.222. The van der Waals surface area contributed by atoms with Gasteiger partial charge < -0.3 is 0 Å². The lowest BCUT2D eigenvalue weighted by atomic mass is 9.99. The fourth-order valence-corrected chi connectivity index (χ4v) is 2.69. The molecule has 0 spiro atoms. The van der Waals surface area contributed by atoms with Crippen LogP contribution in [-0.2, 0) is 0 Å². The summed E-state index contributed by atoms with van der Waals surface area (Å²) < 4.78 is 15.7. The minimum atomic E-state index is -0.627. The van der Waals surface area contributed by atoms with Crippen LogP contribution in [0.5, 0.6) is 0 Å². The zero-order chi connectivity index (χ0) is 17.3. The maximum Gasteiger partial charge on any atom is 0.183 e. The van der Waals surface area contributed by atoms with Gasteiger partial charge in [0.15, 0.2) is 11.4 Å². The predicted molar refractivity (Wildman–Crippen MR) is 87.1 cm³/mol. The summed E-state index contributed by atoms with van der Waals surface area (Å²) in [5.74, 6) is -0.736. The molecule has 0 saturated heterocycles. The highest BCUT2D eigenvalue weighted by Gasteiger charge is 2.22. The summed E-state index contributed by atoms with van der Waals surface area (Å²) in [5.41, 5.74) is 2.44. The first-order valence-corrected chi connectivity index (χ1v) is 7.64. The summed E-state index contributed by atoms with van der Waals surface area (Å²) in [6.07, 6.45) is 2.64. The average molecular weight is 322 g/mol. The molecule has 0 radical (unpaired) electrons. The second kappa shape index (κ2) is 6.20. The van der Waals surface area contributed by atoms with E-state index in [0.29, 0.717) is 35.3 Å². The Hall–Kier alpha value is -3.07. The van der Waals surface area contributed by atoms with Crippen LogP contribution in [0.25, 0.3) is 16.9 Å². The largest absolute Gasteiger partial charge is 0.292 e. The summed E-state index contributed by atoms with van der Waals surface area (Å²) in [4.78, 5) is 16.9. The van der Waals surface area contributed by atoms with E-state index in [1.165, 1.54) is 16.6 Å². The van der Waals surface area contributed by atoms with Gasteiger partial charge in [0.25, 0.3) is 0 Å². The van der Waals surface area contributed by atoms with Crippen LogP contribution in [0.4, 0.5) is 4.39 Å². The maximum absolute atomic E-state index is 14.1. The van der Waals surface area contributed by atoms with E-state index in [2.05, 4.69) is 10.1 Å². The second-order valence-electron chi connectivity index (χ2n) is 5.53. The number of benzene rings is 1. The molecule has 2 heterocycles. The molecule has 0 bridgehead atoms. The molecule has 24 heavy (non-hydrogen) atoms. The lowest BCUT2D eigenvalue weighted by molar-refractivity contribution is 0.0978. The van der Waals surface area contributed by atoms with Gasteiger partial charge in [-0.3, -0.25) is 4.79 Å². The number of aromatic nitrogens is 3. The molecule has 3 aromatic rings. The van der Waals surface area contributed by atoms with E-state index in [0.717, 1.165) is 0 Å². The number of fused-ring (bicyclic) bond motifs is 1. The Morgan fingerprint density at radius 3 is 2.92 bits per heavy atom. The van der Waals surface area contributed by atoms with Gasteiger partial charge in [0.2, 0.25) is 0 Å². The van der Waals surface area contributed by atoms with Crippen molar-refractivity contribution in [3.05, 3.63) is 53.1 Å². The number of nitrogens with zero attached hydrogens (tertiary/aromatic N) is 4. The van der Waals surface area contributed by atoms with E-state index in [-0.39, 0.29) is 17.0 Å². The van der Waals surface area contributed by atoms with Crippen molar-refractivity contribution in [1.29, 1.82) is 5.26 Å². The van der Waals surface area contributed by atoms with Gasteiger partial charge in [-0.05, 0) is 43.2 Å². The number of carbonyl (C=O) groups is 1. The van der Waals surface area contributed by atoms with Gasteiger partial charge in [-0.15, -0.1) is 0 Å². The maximum atomic E-state index is 14.1. The van der Waals surface area contributed by atoms with E-state index >= 15 is 0 Å². The Labute approximate surface area is 138 Å². The topological polar surface area (TPSA) is 71.1 Å². The molecule has 120 valence electrons. The number of nitriles is 1. The van der Waals surface area contributed by atoms with Crippen molar-refractivity contribution in [2.75, 3.05) is 0 Å². The van der Waals surface area contributed by atoms with Gasteiger partial charge in [0.1, 0.15) is 23.3 Å². The normalized spacial score (nSPS) is 10.8. The molecule has 2 aromatic heterocycles. The third-order valence-electron chi connectivity index (χ3n) is 3.82. The summed E-state index contributed by atoms with van der Waals surface area (Å²) >= 11 is 0. The Balaban J connectivity index is 2.33. The number of rotatable bonds is 4. The third-order valence-corrected chi connectivity index (χ3v) is 3.82. The molecule has 3 rings (SSSR count). The van der Waals surface area contributed by atoms with Gasteiger partial charge in [-0.25, -0.2) is 13.9 Å². The van der Waals surface area contributed by atoms with E-state index in [1.54, 1.807) is 25.3 Å². The SMILES string of the molecule is CCCC(=O)c1nc2cccnn2c1-c1cc(F)c(C#N)cc1C. The number of halogens is 1. The standard InChI is InChI=1S/C18H15FN4O/c1-3-5-15(24)17-18(23-16(22-17)6-4-7-21-23)13-9-14(19)12(10-20)8-11(13)2/h4,6-9H,3,5H2,1-2H3. The van der Waals surface area contributed by atoms with E-state index in [9.17, 15) is 9.18 Å². The molecule has 1 aromatic carbocycles. The van der Waals surface area contributed by atoms with Gasteiger partial charge >= 0.3 is 0 Å². The molecule has 0 saturated carbocycles. The van der Waals surface area contributed by atoms with Crippen LogP contribution in [0, 0.1) is 24.1 Å². The summed E-state index contributed by atoms with van der Waals surface area (Å²) in [7, 11) is 0. The van der Waals surface area contributed by atoms with Crippen molar-refractivity contribution in [2.45, 2.75) is 26.7 Å². The summed E-state index contributed by atoms with van der Waals surface area (Å²) in [5, 5.41) is 13.2. The van der Waals surface area contributed by atoms with Crippen LogP contribution < -0.4 is 0 Å². The number of ketones is 1. The summed E-state index contributed by atoms with van der Waals surface area (Å²) in [6, 6.07) is 8.04. The van der Waals surface area contributed by atoms with Crippen molar-refractivity contribution in [3.8, 4) is 17.3 Å². The highest BCUT2D eigenvalue weighted by atomic mass is 19.1. The molecule has 0 N–H and O–H groups in total. The highest BCUT2D eigenvalue weighted by Crippen LogP contribution is 2.30.